The van der Waals surface area contributed by atoms with Gasteiger partial charge >= 0.3 is 0 Å². The Morgan fingerprint density at radius 1 is 0.333 bits per heavy atom. The summed E-state index contributed by atoms with van der Waals surface area (Å²) in [5.74, 6) is 0. The van der Waals surface area contributed by atoms with Crippen LogP contribution in [-0.4, -0.2) is 6.54 Å². The minimum absolute atomic E-state index is 0.829. The van der Waals surface area contributed by atoms with Crippen molar-refractivity contribution in [2.24, 2.45) is 0 Å². The fraction of sp³-hybridized carbons (Fsp3) is 0.104. The maximum atomic E-state index is 2.56. The minimum atomic E-state index is 0.829. The second-order valence-corrected chi connectivity index (χ2v) is 19.1. The number of benzene rings is 10. The highest BCUT2D eigenvalue weighted by Gasteiger charge is 2.28. The van der Waals surface area contributed by atoms with Crippen molar-refractivity contribution in [2.75, 3.05) is 16.3 Å². The summed E-state index contributed by atoms with van der Waals surface area (Å²) in [6.45, 7) is 11.8. The van der Waals surface area contributed by atoms with Crippen LogP contribution in [0.3, 0.4) is 0 Å². The highest BCUT2D eigenvalue weighted by atomic mass is 15.1. The van der Waals surface area contributed by atoms with Gasteiger partial charge in [-0.1, -0.05) is 180 Å². The first-order valence-electron chi connectivity index (χ1n) is 24.4. The molecule has 0 radical (unpaired) electrons. The molecule has 0 aliphatic rings. The summed E-state index contributed by atoms with van der Waals surface area (Å²) in [6, 6.07) is 77.0. The molecule has 0 atom stereocenters. The van der Waals surface area contributed by atoms with Crippen molar-refractivity contribution < 1.29 is 0 Å². The summed E-state index contributed by atoms with van der Waals surface area (Å²) in [5, 5.41) is 14.3. The van der Waals surface area contributed by atoms with Crippen molar-refractivity contribution in [1.82, 2.24) is 0 Å². The van der Waals surface area contributed by atoms with Gasteiger partial charge in [0.1, 0.15) is 0 Å². The minimum Gasteiger partial charge on any atom is -0.341 e. The van der Waals surface area contributed by atoms with Crippen LogP contribution in [0.4, 0.5) is 28.4 Å². The molecule has 332 valence electrons. The smallest absolute Gasteiger partial charge is 0.0540 e. The molecule has 0 amide bonds. The van der Waals surface area contributed by atoms with Crippen molar-refractivity contribution in [1.29, 1.82) is 0 Å². The Labute approximate surface area is 405 Å². The molecule has 0 fully saturated rings. The SMILES string of the molecule is Cc1ccc(N(CC/C=c2\c3c(C)cccc3c3c(-c4ccccc4)c4c5cccc6c(N(c7ccc(C)cc7)c7ccc(C)cc7)ccc(c4c(-c4ccccc4)c23)c65)c2ccc(C)cc2)cc1. The number of aryl methyl sites for hydroxylation is 5. The molecule has 0 spiro atoms. The van der Waals surface area contributed by atoms with E-state index in [1.807, 2.05) is 0 Å². The van der Waals surface area contributed by atoms with Gasteiger partial charge in [-0.05, 0) is 177 Å². The van der Waals surface area contributed by atoms with Crippen molar-refractivity contribution in [3.05, 3.63) is 239 Å². The highest BCUT2D eigenvalue weighted by molar-refractivity contribution is 6.43. The van der Waals surface area contributed by atoms with E-state index in [1.54, 1.807) is 0 Å². The second-order valence-electron chi connectivity index (χ2n) is 19.1. The predicted molar refractivity (Wildman–Crippen MR) is 299 cm³/mol. The second kappa shape index (κ2) is 17.1. The van der Waals surface area contributed by atoms with E-state index in [0.717, 1.165) is 24.3 Å². The molecule has 0 N–H and O–H groups in total. The molecule has 0 unspecified atom stereocenters. The van der Waals surface area contributed by atoms with Crippen LogP contribution in [0.5, 0.6) is 0 Å². The van der Waals surface area contributed by atoms with Gasteiger partial charge in [0.15, 0.2) is 0 Å². The highest BCUT2D eigenvalue weighted by Crippen LogP contribution is 2.54. The van der Waals surface area contributed by atoms with Crippen molar-refractivity contribution in [3.8, 4) is 22.3 Å². The van der Waals surface area contributed by atoms with Gasteiger partial charge in [0.05, 0.1) is 5.69 Å². The van der Waals surface area contributed by atoms with Crippen LogP contribution in [0.15, 0.2) is 206 Å². The van der Waals surface area contributed by atoms with E-state index in [-0.39, 0.29) is 0 Å². The molecule has 12 aromatic rings. The fourth-order valence-corrected chi connectivity index (χ4v) is 11.2. The Hall–Kier alpha value is -8.20. The van der Waals surface area contributed by atoms with Gasteiger partial charge in [0.25, 0.3) is 0 Å². The summed E-state index contributed by atoms with van der Waals surface area (Å²) in [5.41, 5.74) is 17.2. The number of hydrogen-bond donors (Lipinski definition) is 0. The Morgan fingerprint density at radius 3 is 1.28 bits per heavy atom. The van der Waals surface area contributed by atoms with E-state index >= 15 is 0 Å². The van der Waals surface area contributed by atoms with Crippen molar-refractivity contribution >= 4 is 88.4 Å². The summed E-state index contributed by atoms with van der Waals surface area (Å²) in [6.07, 6.45) is 3.41. The zero-order valence-electron chi connectivity index (χ0n) is 40.0. The first-order chi connectivity index (χ1) is 33.8. The average Bonchev–Trinajstić information content (AvgIpc) is 3.89. The van der Waals surface area contributed by atoms with E-state index in [9.17, 15) is 0 Å². The normalized spacial score (nSPS) is 12.0. The number of nitrogens with zero attached hydrogens (tertiary/aromatic N) is 2. The fourth-order valence-electron chi connectivity index (χ4n) is 11.2. The van der Waals surface area contributed by atoms with E-state index in [1.165, 1.54) is 126 Å². The third-order valence-corrected chi connectivity index (χ3v) is 14.5. The Kier molecular flexibility index (Phi) is 10.5. The molecule has 0 bridgehead atoms. The summed E-state index contributed by atoms with van der Waals surface area (Å²) < 4.78 is 0. The molecule has 69 heavy (non-hydrogen) atoms. The zero-order chi connectivity index (χ0) is 46.8. The Bertz CT molecular complexity index is 3800. The van der Waals surface area contributed by atoms with Gasteiger partial charge in [-0.25, -0.2) is 0 Å². The maximum Gasteiger partial charge on any atom is 0.0540 e. The lowest BCUT2D eigenvalue weighted by Gasteiger charge is -2.27. The number of anilines is 5. The Balaban J connectivity index is 1.20. The third kappa shape index (κ3) is 7.18. The molecule has 12 rings (SSSR count). The lowest BCUT2D eigenvalue weighted by Crippen LogP contribution is -2.18. The van der Waals surface area contributed by atoms with Gasteiger partial charge in [-0.15, -0.1) is 0 Å². The lowest BCUT2D eigenvalue weighted by molar-refractivity contribution is 0.963. The van der Waals surface area contributed by atoms with E-state index < -0.39 is 0 Å². The van der Waals surface area contributed by atoms with Gasteiger partial charge < -0.3 is 9.80 Å². The predicted octanol–water partition coefficient (Wildman–Crippen LogP) is 18.0. The van der Waals surface area contributed by atoms with Crippen LogP contribution >= 0.6 is 0 Å². The molecule has 0 aliphatic carbocycles. The van der Waals surface area contributed by atoms with Crippen LogP contribution in [0, 0.1) is 34.6 Å². The molecular formula is C67H54N2. The van der Waals surface area contributed by atoms with Crippen LogP contribution < -0.4 is 15.0 Å². The first kappa shape index (κ1) is 42.2. The molecule has 0 heterocycles. The number of fused-ring (bicyclic) bond motifs is 6. The van der Waals surface area contributed by atoms with Crippen LogP contribution in [0.2, 0.25) is 0 Å². The molecule has 0 saturated heterocycles. The van der Waals surface area contributed by atoms with Gasteiger partial charge in [-0.2, -0.15) is 0 Å². The number of rotatable bonds is 10. The van der Waals surface area contributed by atoms with E-state index in [4.69, 9.17) is 0 Å². The molecule has 0 aromatic heterocycles. The van der Waals surface area contributed by atoms with Gasteiger partial charge in [0.2, 0.25) is 0 Å². The monoisotopic (exact) mass is 886 g/mol. The summed E-state index contributed by atoms with van der Waals surface area (Å²) in [4.78, 5) is 4.92. The van der Waals surface area contributed by atoms with Gasteiger partial charge in [-0.3, -0.25) is 0 Å². The molecule has 0 aliphatic heterocycles. The Morgan fingerprint density at radius 2 is 0.754 bits per heavy atom. The molecule has 0 saturated carbocycles. The molecule has 2 nitrogen and oxygen atoms in total. The quantitative estimate of drug-likeness (QED) is 0.135. The molecular weight excluding hydrogens is 833 g/mol. The van der Waals surface area contributed by atoms with Gasteiger partial charge in [0, 0.05) is 34.7 Å². The van der Waals surface area contributed by atoms with Crippen molar-refractivity contribution in [2.45, 2.75) is 41.0 Å². The van der Waals surface area contributed by atoms with E-state index in [2.05, 4.69) is 257 Å². The summed E-state index contributed by atoms with van der Waals surface area (Å²) in [7, 11) is 0. The zero-order valence-corrected chi connectivity index (χ0v) is 40.0. The van der Waals surface area contributed by atoms with Crippen molar-refractivity contribution in [3.63, 3.8) is 0 Å². The topological polar surface area (TPSA) is 6.48 Å². The number of hydrogen-bond acceptors (Lipinski definition) is 2. The largest absolute Gasteiger partial charge is 0.341 e. The van der Waals surface area contributed by atoms with E-state index in [0.29, 0.717) is 0 Å². The maximum absolute atomic E-state index is 2.56. The average molecular weight is 887 g/mol. The van der Waals surface area contributed by atoms with Crippen LogP contribution in [0.1, 0.15) is 34.2 Å². The van der Waals surface area contributed by atoms with Crippen LogP contribution in [-0.2, 0) is 0 Å². The molecule has 2 heteroatoms. The van der Waals surface area contributed by atoms with Crippen LogP contribution in [0.25, 0.3) is 82.2 Å². The lowest BCUT2D eigenvalue weighted by atomic mass is 9.87. The molecule has 12 aromatic carbocycles. The first-order valence-corrected chi connectivity index (χ1v) is 24.4. The third-order valence-electron chi connectivity index (χ3n) is 14.5. The standard InChI is InChI=1S/C67H54N2/c1-43-24-32-50(33-25-43)68(51-34-26-44(2)27-35-51)42-14-23-56-60-47(5)15-12-21-55(60)64-61(48-16-8-6-9-17-48)66-57-22-13-20-54-59(69(52-36-28-45(3)29-37-52)53-38-30-46(4)31-39-53)41-40-58(63(54)57)67(66)62(65(56)64)49-18-10-7-11-19-49/h6-13,15-41H,14,42H2,1-5H3/b56-23+. The summed E-state index contributed by atoms with van der Waals surface area (Å²) >= 11 is 0.